The second-order valence-corrected chi connectivity index (χ2v) is 8.86. The summed E-state index contributed by atoms with van der Waals surface area (Å²) in [5.74, 6) is -0.736. The van der Waals surface area contributed by atoms with E-state index in [1.807, 2.05) is 0 Å². The second kappa shape index (κ2) is 7.35. The number of nitrogens with zero attached hydrogens (tertiary/aromatic N) is 1. The monoisotopic (exact) mass is 424 g/mol. The van der Waals surface area contributed by atoms with E-state index < -0.39 is 21.9 Å². The topological polar surface area (TPSA) is 75.7 Å². The molecule has 0 aliphatic carbocycles. The Kier molecular flexibility index (Phi) is 5.03. The van der Waals surface area contributed by atoms with E-state index in [4.69, 9.17) is 16.3 Å². The van der Waals surface area contributed by atoms with Crippen molar-refractivity contribution >= 4 is 38.9 Å². The molecule has 2 aromatic carbocycles. The summed E-state index contributed by atoms with van der Waals surface area (Å²) in [5, 5.41) is -0.264. The molecule has 1 atom stereocenters. The highest BCUT2D eigenvalue weighted by molar-refractivity contribution is 7.92. The molecule has 2 aliphatic heterocycles. The predicted molar refractivity (Wildman–Crippen MR) is 104 cm³/mol. The van der Waals surface area contributed by atoms with Crippen molar-refractivity contribution in [3.63, 3.8) is 0 Å². The lowest BCUT2D eigenvalue weighted by molar-refractivity contribution is -0.127. The van der Waals surface area contributed by atoms with E-state index in [9.17, 15) is 17.6 Å². The molecular formula is C19H18ClFN2O4S. The fourth-order valence-corrected chi connectivity index (χ4v) is 4.82. The number of benzene rings is 2. The predicted octanol–water partition coefficient (Wildman–Crippen LogP) is 3.35. The molecule has 2 aliphatic rings. The molecule has 1 fully saturated rings. The zero-order valence-electron chi connectivity index (χ0n) is 14.8. The Morgan fingerprint density at radius 1 is 1.25 bits per heavy atom. The van der Waals surface area contributed by atoms with Crippen LogP contribution in [-0.4, -0.2) is 33.6 Å². The normalized spacial score (nSPS) is 18.9. The van der Waals surface area contributed by atoms with E-state index in [2.05, 4.69) is 4.72 Å². The van der Waals surface area contributed by atoms with Gasteiger partial charge in [-0.25, -0.2) is 12.8 Å². The Bertz CT molecular complexity index is 1040. The number of nitrogens with one attached hydrogen (secondary N) is 1. The number of hydrogen-bond acceptors (Lipinski definition) is 4. The van der Waals surface area contributed by atoms with Crippen LogP contribution in [0.2, 0.25) is 5.02 Å². The summed E-state index contributed by atoms with van der Waals surface area (Å²) in [4.78, 5) is 14.2. The number of ether oxygens (including phenoxy) is 1. The largest absolute Gasteiger partial charge is 0.368 e. The Hall–Kier alpha value is -2.16. The van der Waals surface area contributed by atoms with Gasteiger partial charge in [0, 0.05) is 24.5 Å². The highest BCUT2D eigenvalue weighted by atomic mass is 35.5. The first-order valence-electron chi connectivity index (χ1n) is 8.89. The van der Waals surface area contributed by atoms with Crippen LogP contribution in [0.5, 0.6) is 0 Å². The van der Waals surface area contributed by atoms with E-state index in [1.165, 1.54) is 0 Å². The minimum absolute atomic E-state index is 0.0504. The van der Waals surface area contributed by atoms with Gasteiger partial charge in [0.25, 0.3) is 15.9 Å². The Labute approximate surface area is 167 Å². The number of sulfonamides is 1. The first kappa shape index (κ1) is 19.2. The van der Waals surface area contributed by atoms with Crippen LogP contribution in [0.4, 0.5) is 15.8 Å². The van der Waals surface area contributed by atoms with Crippen molar-refractivity contribution in [3.05, 3.63) is 52.8 Å². The van der Waals surface area contributed by atoms with Gasteiger partial charge in [0.15, 0.2) is 0 Å². The molecule has 1 N–H and O–H groups in total. The minimum atomic E-state index is -3.91. The van der Waals surface area contributed by atoms with Gasteiger partial charge in [0.1, 0.15) is 11.9 Å². The third kappa shape index (κ3) is 3.59. The van der Waals surface area contributed by atoms with Crippen LogP contribution >= 0.6 is 11.6 Å². The number of rotatable bonds is 4. The van der Waals surface area contributed by atoms with E-state index >= 15 is 0 Å². The zero-order valence-corrected chi connectivity index (χ0v) is 16.4. The van der Waals surface area contributed by atoms with Crippen molar-refractivity contribution in [3.8, 4) is 0 Å². The third-order valence-electron chi connectivity index (χ3n) is 4.90. The van der Waals surface area contributed by atoms with E-state index in [0.717, 1.165) is 42.3 Å². The average molecular weight is 425 g/mol. The average Bonchev–Trinajstić information content (AvgIpc) is 3.32. The van der Waals surface area contributed by atoms with Crippen LogP contribution in [0.15, 0.2) is 41.3 Å². The molecule has 2 aromatic rings. The van der Waals surface area contributed by atoms with Crippen molar-refractivity contribution < 1.29 is 22.3 Å². The lowest BCUT2D eigenvalue weighted by Crippen LogP contribution is -2.37. The van der Waals surface area contributed by atoms with Crippen LogP contribution in [0, 0.1) is 5.82 Å². The highest BCUT2D eigenvalue weighted by Gasteiger charge is 2.32. The summed E-state index contributed by atoms with van der Waals surface area (Å²) in [7, 11) is -3.91. The Morgan fingerprint density at radius 3 is 2.79 bits per heavy atom. The van der Waals surface area contributed by atoms with Crippen molar-refractivity contribution in [2.45, 2.75) is 30.3 Å². The Morgan fingerprint density at radius 2 is 2.07 bits per heavy atom. The van der Waals surface area contributed by atoms with Crippen molar-refractivity contribution in [1.82, 2.24) is 0 Å². The smallest absolute Gasteiger partial charge is 0.261 e. The van der Waals surface area contributed by atoms with Crippen LogP contribution < -0.4 is 9.62 Å². The maximum Gasteiger partial charge on any atom is 0.261 e. The zero-order chi connectivity index (χ0) is 19.9. The van der Waals surface area contributed by atoms with E-state index in [-0.39, 0.29) is 15.8 Å². The molecule has 0 saturated carbocycles. The standard InChI is InChI=1S/C19H18ClFN2O4S/c20-15-11-14(4-5-16(15)21)28(25,26)22-13-3-6-17-12(10-13)7-8-23(17)19(24)18-2-1-9-27-18/h3-6,10-11,18,22H,1-2,7-9H2. The maximum atomic E-state index is 13.3. The molecule has 0 aromatic heterocycles. The van der Waals surface area contributed by atoms with Crippen LogP contribution in [0.25, 0.3) is 0 Å². The van der Waals surface area contributed by atoms with Crippen molar-refractivity contribution in [1.29, 1.82) is 0 Å². The number of anilines is 2. The molecule has 2 heterocycles. The van der Waals surface area contributed by atoms with Crippen LogP contribution in [-0.2, 0) is 26.0 Å². The first-order valence-corrected chi connectivity index (χ1v) is 10.7. The molecule has 0 bridgehead atoms. The molecule has 9 heteroatoms. The van der Waals surface area contributed by atoms with Gasteiger partial charge in [0.2, 0.25) is 0 Å². The Balaban J connectivity index is 1.54. The number of hydrogen-bond donors (Lipinski definition) is 1. The maximum absolute atomic E-state index is 13.3. The fraction of sp³-hybridized carbons (Fsp3) is 0.316. The van der Waals surface area contributed by atoms with Gasteiger partial charge >= 0.3 is 0 Å². The molecule has 6 nitrogen and oxygen atoms in total. The minimum Gasteiger partial charge on any atom is -0.368 e. The molecule has 0 radical (unpaired) electrons. The molecule has 1 unspecified atom stereocenters. The van der Waals surface area contributed by atoms with Gasteiger partial charge in [0.05, 0.1) is 9.92 Å². The van der Waals surface area contributed by atoms with Crippen LogP contribution in [0.1, 0.15) is 18.4 Å². The van der Waals surface area contributed by atoms with Gasteiger partial charge in [-0.2, -0.15) is 0 Å². The summed E-state index contributed by atoms with van der Waals surface area (Å²) in [5.41, 5.74) is 2.02. The lowest BCUT2D eigenvalue weighted by Gasteiger charge is -2.21. The number of fused-ring (bicyclic) bond motifs is 1. The van der Waals surface area contributed by atoms with E-state index in [0.29, 0.717) is 25.3 Å². The van der Waals surface area contributed by atoms with Gasteiger partial charge in [-0.05, 0) is 61.2 Å². The van der Waals surface area contributed by atoms with Crippen molar-refractivity contribution in [2.75, 3.05) is 22.8 Å². The SMILES string of the molecule is O=C(C1CCCO1)N1CCc2cc(NS(=O)(=O)c3ccc(F)c(Cl)c3)ccc21. The number of carbonyl (C=O) groups excluding carboxylic acids is 1. The molecule has 148 valence electrons. The fourth-order valence-electron chi connectivity index (χ4n) is 3.50. The first-order chi connectivity index (χ1) is 13.3. The third-order valence-corrected chi connectivity index (χ3v) is 6.57. The van der Waals surface area contributed by atoms with Crippen LogP contribution in [0.3, 0.4) is 0 Å². The van der Waals surface area contributed by atoms with Gasteiger partial charge in [-0.3, -0.25) is 9.52 Å². The molecular weight excluding hydrogens is 407 g/mol. The van der Waals surface area contributed by atoms with Gasteiger partial charge < -0.3 is 9.64 Å². The summed E-state index contributed by atoms with van der Waals surface area (Å²) in [6.45, 7) is 1.14. The summed E-state index contributed by atoms with van der Waals surface area (Å²) >= 11 is 5.68. The molecule has 0 spiro atoms. The lowest BCUT2D eigenvalue weighted by atomic mass is 10.1. The van der Waals surface area contributed by atoms with Gasteiger partial charge in [-0.15, -0.1) is 0 Å². The van der Waals surface area contributed by atoms with E-state index in [1.54, 1.807) is 23.1 Å². The second-order valence-electron chi connectivity index (χ2n) is 6.77. The molecule has 1 saturated heterocycles. The summed E-state index contributed by atoms with van der Waals surface area (Å²) < 4.78 is 46.3. The summed E-state index contributed by atoms with van der Waals surface area (Å²) in [6.07, 6.45) is 1.84. The number of amides is 1. The molecule has 4 rings (SSSR count). The number of halogens is 2. The van der Waals surface area contributed by atoms with Gasteiger partial charge in [-0.1, -0.05) is 11.6 Å². The quantitative estimate of drug-likeness (QED) is 0.816. The number of carbonyl (C=O) groups is 1. The highest BCUT2D eigenvalue weighted by Crippen LogP contribution is 2.33. The molecule has 28 heavy (non-hydrogen) atoms. The van der Waals surface area contributed by atoms with Crippen molar-refractivity contribution in [2.24, 2.45) is 0 Å². The molecule has 1 amide bonds. The summed E-state index contributed by atoms with van der Waals surface area (Å²) in [6, 6.07) is 8.26.